The quantitative estimate of drug-likeness (QED) is 0.315. The lowest BCUT2D eigenvalue weighted by Gasteiger charge is -1.97. The Labute approximate surface area is 141 Å². The molecule has 0 atom stereocenters. The first-order chi connectivity index (χ1) is 11.2. The highest BCUT2D eigenvalue weighted by Gasteiger charge is 1.97. The number of unbranched alkanes of at least 4 members (excludes halogenated alkanes) is 4. The summed E-state index contributed by atoms with van der Waals surface area (Å²) in [4.78, 5) is 22.0. The molecule has 0 spiro atoms. The van der Waals surface area contributed by atoms with Crippen molar-refractivity contribution in [1.29, 1.82) is 0 Å². The standard InChI is InChI=1S/C20H32O3/c1-2-3-4-5-10-13-16-19(21)17-14-11-8-6-7-9-12-15-18-20(22)23/h3-4,8,10-11,13H,2,5-7,9,12,14-18H2,1H3,(H,22,23)/b4-3-,11-8-,13-10-. The summed E-state index contributed by atoms with van der Waals surface area (Å²) >= 11 is 0. The number of Topliss-reactive ketones (excluding diaryl/α,β-unsaturated/α-hetero) is 1. The third-order valence-corrected chi connectivity index (χ3v) is 3.45. The molecule has 0 bridgehead atoms. The number of aliphatic carboxylic acids is 1. The molecule has 0 aliphatic rings. The zero-order valence-electron chi connectivity index (χ0n) is 14.5. The van der Waals surface area contributed by atoms with E-state index in [4.69, 9.17) is 5.11 Å². The zero-order chi connectivity index (χ0) is 17.2. The fraction of sp³-hybridized carbons (Fsp3) is 0.600. The van der Waals surface area contributed by atoms with Crippen molar-refractivity contribution in [2.24, 2.45) is 0 Å². The van der Waals surface area contributed by atoms with E-state index in [1.54, 1.807) is 0 Å². The smallest absolute Gasteiger partial charge is 0.303 e. The van der Waals surface area contributed by atoms with Gasteiger partial charge in [-0.25, -0.2) is 0 Å². The van der Waals surface area contributed by atoms with Crippen LogP contribution in [-0.2, 0) is 9.59 Å². The second-order valence-corrected chi connectivity index (χ2v) is 5.69. The molecule has 0 unspecified atom stereocenters. The van der Waals surface area contributed by atoms with Crippen molar-refractivity contribution in [3.8, 4) is 0 Å². The number of carbonyl (C=O) groups excluding carboxylic acids is 1. The second-order valence-electron chi connectivity index (χ2n) is 5.69. The van der Waals surface area contributed by atoms with Crippen molar-refractivity contribution >= 4 is 11.8 Å². The van der Waals surface area contributed by atoms with Gasteiger partial charge in [-0.3, -0.25) is 9.59 Å². The van der Waals surface area contributed by atoms with E-state index in [1.807, 2.05) is 12.2 Å². The third-order valence-electron chi connectivity index (χ3n) is 3.45. The summed E-state index contributed by atoms with van der Waals surface area (Å²) in [5.41, 5.74) is 0. The minimum Gasteiger partial charge on any atom is -0.481 e. The lowest BCUT2D eigenvalue weighted by Crippen LogP contribution is -1.94. The van der Waals surface area contributed by atoms with Crippen LogP contribution < -0.4 is 0 Å². The summed E-state index contributed by atoms with van der Waals surface area (Å²) in [6.07, 6.45) is 21.6. The molecule has 0 aliphatic carbocycles. The van der Waals surface area contributed by atoms with Gasteiger partial charge >= 0.3 is 5.97 Å². The third kappa shape index (κ3) is 18.3. The molecule has 0 saturated heterocycles. The molecule has 0 amide bonds. The van der Waals surface area contributed by atoms with Gasteiger partial charge in [0.05, 0.1) is 0 Å². The molecule has 0 aromatic rings. The topological polar surface area (TPSA) is 54.4 Å². The lowest BCUT2D eigenvalue weighted by molar-refractivity contribution is -0.137. The summed E-state index contributed by atoms with van der Waals surface area (Å²) in [5.74, 6) is -0.416. The first kappa shape index (κ1) is 21.4. The normalized spacial score (nSPS) is 11.9. The van der Waals surface area contributed by atoms with Crippen molar-refractivity contribution in [2.75, 3.05) is 0 Å². The van der Waals surface area contributed by atoms with Gasteiger partial charge in [0.1, 0.15) is 5.78 Å². The van der Waals surface area contributed by atoms with E-state index in [1.165, 1.54) is 0 Å². The molecular weight excluding hydrogens is 288 g/mol. The summed E-state index contributed by atoms with van der Waals surface area (Å²) in [6, 6.07) is 0. The number of hydrogen-bond acceptors (Lipinski definition) is 2. The number of carboxylic acid groups (broad SMARTS) is 1. The van der Waals surface area contributed by atoms with Crippen LogP contribution in [0.5, 0.6) is 0 Å². The van der Waals surface area contributed by atoms with Crippen LogP contribution in [0.1, 0.15) is 77.6 Å². The predicted octanol–water partition coefficient (Wildman–Crippen LogP) is 5.62. The van der Waals surface area contributed by atoms with E-state index >= 15 is 0 Å². The Bertz CT molecular complexity index is 392. The van der Waals surface area contributed by atoms with Gasteiger partial charge in [0.2, 0.25) is 0 Å². The van der Waals surface area contributed by atoms with Gasteiger partial charge in [-0.05, 0) is 38.5 Å². The van der Waals surface area contributed by atoms with Crippen LogP contribution in [-0.4, -0.2) is 16.9 Å². The monoisotopic (exact) mass is 320 g/mol. The van der Waals surface area contributed by atoms with Crippen LogP contribution in [0.4, 0.5) is 0 Å². The van der Waals surface area contributed by atoms with Crippen molar-refractivity contribution in [2.45, 2.75) is 77.6 Å². The molecule has 0 rings (SSSR count). The highest BCUT2D eigenvalue weighted by atomic mass is 16.4. The Morgan fingerprint density at radius 2 is 1.48 bits per heavy atom. The highest BCUT2D eigenvalue weighted by Crippen LogP contribution is 2.06. The van der Waals surface area contributed by atoms with Crippen molar-refractivity contribution < 1.29 is 14.7 Å². The fourth-order valence-corrected chi connectivity index (χ4v) is 2.13. The minimum absolute atomic E-state index is 0.279. The van der Waals surface area contributed by atoms with Crippen LogP contribution in [0.15, 0.2) is 36.5 Å². The predicted molar refractivity (Wildman–Crippen MR) is 96.5 cm³/mol. The molecule has 3 nitrogen and oxygen atoms in total. The molecule has 0 saturated carbocycles. The van der Waals surface area contributed by atoms with Gasteiger partial charge in [0.25, 0.3) is 0 Å². The van der Waals surface area contributed by atoms with Crippen LogP contribution >= 0.6 is 0 Å². The molecule has 3 heteroatoms. The van der Waals surface area contributed by atoms with Crippen molar-refractivity contribution in [1.82, 2.24) is 0 Å². The second kappa shape index (κ2) is 16.7. The first-order valence-electron chi connectivity index (χ1n) is 8.85. The molecule has 0 aromatic heterocycles. The molecule has 0 aromatic carbocycles. The minimum atomic E-state index is -0.707. The van der Waals surface area contributed by atoms with E-state index in [9.17, 15) is 9.59 Å². The van der Waals surface area contributed by atoms with Gasteiger partial charge in [-0.1, -0.05) is 56.2 Å². The number of hydrogen-bond donors (Lipinski definition) is 1. The summed E-state index contributed by atoms with van der Waals surface area (Å²) in [5, 5.41) is 8.51. The molecule has 23 heavy (non-hydrogen) atoms. The maximum absolute atomic E-state index is 11.6. The van der Waals surface area contributed by atoms with Crippen molar-refractivity contribution in [3.63, 3.8) is 0 Å². The summed E-state index contributed by atoms with van der Waals surface area (Å²) < 4.78 is 0. The maximum atomic E-state index is 11.6. The van der Waals surface area contributed by atoms with Gasteiger partial charge in [-0.15, -0.1) is 0 Å². The highest BCUT2D eigenvalue weighted by molar-refractivity contribution is 5.79. The number of allylic oxidation sites excluding steroid dienone is 6. The Hall–Kier alpha value is -1.64. The molecule has 1 N–H and O–H groups in total. The van der Waals surface area contributed by atoms with Crippen molar-refractivity contribution in [3.05, 3.63) is 36.5 Å². The van der Waals surface area contributed by atoms with E-state index in [0.29, 0.717) is 18.6 Å². The Balaban J connectivity index is 3.42. The van der Waals surface area contributed by atoms with Crippen LogP contribution in [0.2, 0.25) is 0 Å². The van der Waals surface area contributed by atoms with Gasteiger partial charge in [-0.2, -0.15) is 0 Å². The summed E-state index contributed by atoms with van der Waals surface area (Å²) in [7, 11) is 0. The zero-order valence-corrected chi connectivity index (χ0v) is 14.5. The first-order valence-corrected chi connectivity index (χ1v) is 8.85. The van der Waals surface area contributed by atoms with E-state index in [0.717, 1.165) is 51.4 Å². The maximum Gasteiger partial charge on any atom is 0.303 e. The lowest BCUT2D eigenvalue weighted by atomic mass is 10.1. The number of carbonyl (C=O) groups is 2. The average Bonchev–Trinajstić information content (AvgIpc) is 2.52. The van der Waals surface area contributed by atoms with Crippen LogP contribution in [0, 0.1) is 0 Å². The van der Waals surface area contributed by atoms with E-state index in [2.05, 4.69) is 31.2 Å². The molecule has 0 fully saturated rings. The van der Waals surface area contributed by atoms with E-state index in [-0.39, 0.29) is 6.42 Å². The average molecular weight is 320 g/mol. The molecular formula is C20H32O3. The SMILES string of the molecule is CC/C=C\C/C=C\CC(=O)CC/C=C\CCCCCCC(=O)O. The van der Waals surface area contributed by atoms with E-state index < -0.39 is 5.97 Å². The van der Waals surface area contributed by atoms with Crippen LogP contribution in [0.25, 0.3) is 0 Å². The van der Waals surface area contributed by atoms with Gasteiger partial charge < -0.3 is 5.11 Å². The Morgan fingerprint density at radius 3 is 2.22 bits per heavy atom. The fourth-order valence-electron chi connectivity index (χ4n) is 2.13. The molecule has 0 radical (unpaired) electrons. The number of carboxylic acids is 1. The number of ketones is 1. The van der Waals surface area contributed by atoms with Gasteiger partial charge in [0, 0.05) is 19.3 Å². The van der Waals surface area contributed by atoms with Crippen LogP contribution in [0.3, 0.4) is 0 Å². The van der Waals surface area contributed by atoms with Gasteiger partial charge in [0.15, 0.2) is 0 Å². The molecule has 130 valence electrons. The molecule has 0 heterocycles. The molecule has 0 aliphatic heterocycles. The Kier molecular flexibility index (Phi) is 15.5. The summed E-state index contributed by atoms with van der Waals surface area (Å²) in [6.45, 7) is 2.11. The number of rotatable bonds is 15. The Morgan fingerprint density at radius 1 is 0.783 bits per heavy atom. The largest absolute Gasteiger partial charge is 0.481 e.